The molecule has 2 fully saturated rings. The monoisotopic (exact) mass is 258 g/mol. The Labute approximate surface area is 117 Å². The van der Waals surface area contributed by atoms with Gasteiger partial charge >= 0.3 is 0 Å². The fourth-order valence-corrected chi connectivity index (χ4v) is 3.66. The van der Waals surface area contributed by atoms with Crippen LogP contribution in [0.15, 0.2) is 24.3 Å². The first-order valence-corrected chi connectivity index (χ1v) is 7.79. The molecule has 0 aromatic heterocycles. The summed E-state index contributed by atoms with van der Waals surface area (Å²) in [5.41, 5.74) is 2.95. The van der Waals surface area contributed by atoms with Gasteiger partial charge in [-0.2, -0.15) is 0 Å². The van der Waals surface area contributed by atoms with Crippen LogP contribution in [-0.4, -0.2) is 19.1 Å². The normalized spacial score (nSPS) is 25.5. The Morgan fingerprint density at radius 3 is 2.79 bits per heavy atom. The standard InChI is InChI=1S/C17H26N2/c1-13(2)10-18-11-15-5-3-4-6-17(15)19-12-14-7-8-16(19)9-14/h3-6,13-14,16,18H,7-12H2,1-2H3. The highest BCUT2D eigenvalue weighted by molar-refractivity contribution is 5.55. The minimum atomic E-state index is 0.718. The molecule has 1 aliphatic carbocycles. The Morgan fingerprint density at radius 1 is 1.26 bits per heavy atom. The summed E-state index contributed by atoms with van der Waals surface area (Å²) in [7, 11) is 0. The fraction of sp³-hybridized carbons (Fsp3) is 0.647. The van der Waals surface area contributed by atoms with Gasteiger partial charge in [0.25, 0.3) is 0 Å². The largest absolute Gasteiger partial charge is 0.368 e. The molecule has 1 aromatic carbocycles. The van der Waals surface area contributed by atoms with E-state index in [-0.39, 0.29) is 0 Å². The third-order valence-corrected chi connectivity index (χ3v) is 4.58. The van der Waals surface area contributed by atoms with Crippen LogP contribution >= 0.6 is 0 Å². The fourth-order valence-electron chi connectivity index (χ4n) is 3.66. The van der Waals surface area contributed by atoms with Crippen molar-refractivity contribution in [3.05, 3.63) is 29.8 Å². The maximum atomic E-state index is 3.58. The second kappa shape index (κ2) is 5.54. The highest BCUT2D eigenvalue weighted by atomic mass is 15.2. The van der Waals surface area contributed by atoms with E-state index in [0.717, 1.165) is 31.0 Å². The number of fused-ring (bicyclic) bond motifs is 2. The first kappa shape index (κ1) is 13.0. The lowest BCUT2D eigenvalue weighted by molar-refractivity contribution is 0.542. The first-order chi connectivity index (χ1) is 9.24. The van der Waals surface area contributed by atoms with Gasteiger partial charge in [0, 0.05) is 24.8 Å². The predicted molar refractivity (Wildman–Crippen MR) is 81.5 cm³/mol. The van der Waals surface area contributed by atoms with Crippen molar-refractivity contribution in [3.8, 4) is 0 Å². The Balaban J connectivity index is 1.70. The summed E-state index contributed by atoms with van der Waals surface area (Å²) in [6.45, 7) is 7.91. The number of hydrogen-bond donors (Lipinski definition) is 1. The number of para-hydroxylation sites is 1. The molecule has 104 valence electrons. The molecule has 2 heteroatoms. The molecule has 1 saturated heterocycles. The van der Waals surface area contributed by atoms with E-state index in [1.54, 1.807) is 0 Å². The van der Waals surface area contributed by atoms with Crippen LogP contribution < -0.4 is 10.2 Å². The molecule has 1 aliphatic heterocycles. The quantitative estimate of drug-likeness (QED) is 0.870. The molecule has 1 aromatic rings. The van der Waals surface area contributed by atoms with Crippen LogP contribution in [0.1, 0.15) is 38.7 Å². The Kier molecular flexibility index (Phi) is 3.79. The molecule has 19 heavy (non-hydrogen) atoms. The number of nitrogens with one attached hydrogen (secondary N) is 1. The summed E-state index contributed by atoms with van der Waals surface area (Å²) in [6, 6.07) is 9.77. The minimum Gasteiger partial charge on any atom is -0.368 e. The number of hydrogen-bond acceptors (Lipinski definition) is 2. The van der Waals surface area contributed by atoms with E-state index in [4.69, 9.17) is 0 Å². The van der Waals surface area contributed by atoms with Gasteiger partial charge in [0.2, 0.25) is 0 Å². The molecule has 2 atom stereocenters. The van der Waals surface area contributed by atoms with E-state index in [1.807, 2.05) is 0 Å². The lowest BCUT2D eigenvalue weighted by Gasteiger charge is -2.31. The molecule has 2 bridgehead atoms. The maximum Gasteiger partial charge on any atom is 0.0414 e. The van der Waals surface area contributed by atoms with E-state index in [1.165, 1.54) is 37.1 Å². The van der Waals surface area contributed by atoms with Crippen LogP contribution in [0, 0.1) is 11.8 Å². The van der Waals surface area contributed by atoms with Crippen molar-refractivity contribution in [2.75, 3.05) is 18.0 Å². The van der Waals surface area contributed by atoms with Crippen LogP contribution in [-0.2, 0) is 6.54 Å². The van der Waals surface area contributed by atoms with Gasteiger partial charge in [-0.05, 0) is 49.3 Å². The van der Waals surface area contributed by atoms with Crippen LogP contribution in [0.4, 0.5) is 5.69 Å². The summed E-state index contributed by atoms with van der Waals surface area (Å²) in [5.74, 6) is 1.68. The van der Waals surface area contributed by atoms with Crippen LogP contribution in [0.25, 0.3) is 0 Å². The van der Waals surface area contributed by atoms with Crippen molar-refractivity contribution in [2.24, 2.45) is 11.8 Å². The van der Waals surface area contributed by atoms with Gasteiger partial charge in [-0.25, -0.2) is 0 Å². The maximum absolute atomic E-state index is 3.58. The SMILES string of the molecule is CC(C)CNCc1ccccc1N1CC2CCC1C2. The van der Waals surface area contributed by atoms with Gasteiger partial charge in [-0.3, -0.25) is 0 Å². The highest BCUT2D eigenvalue weighted by Gasteiger charge is 2.38. The topological polar surface area (TPSA) is 15.3 Å². The first-order valence-electron chi connectivity index (χ1n) is 7.79. The molecule has 0 radical (unpaired) electrons. The molecular weight excluding hydrogens is 232 g/mol. The number of benzene rings is 1. The van der Waals surface area contributed by atoms with E-state index in [0.29, 0.717) is 0 Å². The summed E-state index contributed by atoms with van der Waals surface area (Å²) in [5, 5.41) is 3.58. The molecule has 0 spiro atoms. The van der Waals surface area contributed by atoms with Crippen molar-refractivity contribution in [1.82, 2.24) is 5.32 Å². The zero-order valence-electron chi connectivity index (χ0n) is 12.2. The van der Waals surface area contributed by atoms with E-state index < -0.39 is 0 Å². The second-order valence-corrected chi connectivity index (χ2v) is 6.64. The molecular formula is C17H26N2. The Hall–Kier alpha value is -1.02. The third kappa shape index (κ3) is 2.79. The van der Waals surface area contributed by atoms with Crippen LogP contribution in [0.5, 0.6) is 0 Å². The summed E-state index contributed by atoms with van der Waals surface area (Å²) >= 11 is 0. The van der Waals surface area contributed by atoms with Gasteiger partial charge < -0.3 is 10.2 Å². The summed E-state index contributed by atoms with van der Waals surface area (Å²) in [4.78, 5) is 2.67. The summed E-state index contributed by atoms with van der Waals surface area (Å²) < 4.78 is 0. The van der Waals surface area contributed by atoms with E-state index in [9.17, 15) is 0 Å². The van der Waals surface area contributed by atoms with Gasteiger partial charge in [-0.1, -0.05) is 32.0 Å². The lowest BCUT2D eigenvalue weighted by Crippen LogP contribution is -2.33. The molecule has 2 unspecified atom stereocenters. The van der Waals surface area contributed by atoms with Gasteiger partial charge in [-0.15, -0.1) is 0 Å². The van der Waals surface area contributed by atoms with E-state index >= 15 is 0 Å². The van der Waals surface area contributed by atoms with Crippen molar-refractivity contribution in [1.29, 1.82) is 0 Å². The molecule has 0 amide bonds. The Morgan fingerprint density at radius 2 is 2.11 bits per heavy atom. The smallest absolute Gasteiger partial charge is 0.0414 e. The molecule has 1 saturated carbocycles. The molecule has 2 aliphatic rings. The van der Waals surface area contributed by atoms with Crippen molar-refractivity contribution in [3.63, 3.8) is 0 Å². The average Bonchev–Trinajstić information content (AvgIpc) is 3.01. The number of nitrogens with zero attached hydrogens (tertiary/aromatic N) is 1. The highest BCUT2D eigenvalue weighted by Crippen LogP contribution is 2.41. The number of rotatable bonds is 5. The zero-order valence-corrected chi connectivity index (χ0v) is 12.2. The van der Waals surface area contributed by atoms with Gasteiger partial charge in [0.05, 0.1) is 0 Å². The lowest BCUT2D eigenvalue weighted by atomic mass is 10.1. The predicted octanol–water partition coefficient (Wildman–Crippen LogP) is 3.42. The van der Waals surface area contributed by atoms with Crippen molar-refractivity contribution < 1.29 is 0 Å². The van der Waals surface area contributed by atoms with Crippen LogP contribution in [0.2, 0.25) is 0 Å². The second-order valence-electron chi connectivity index (χ2n) is 6.64. The number of piperidine rings is 1. The van der Waals surface area contributed by atoms with E-state index in [2.05, 4.69) is 48.3 Å². The molecule has 1 N–H and O–H groups in total. The van der Waals surface area contributed by atoms with Gasteiger partial charge in [0.1, 0.15) is 0 Å². The molecule has 1 heterocycles. The minimum absolute atomic E-state index is 0.718. The molecule has 3 rings (SSSR count). The Bertz CT molecular complexity index is 427. The van der Waals surface area contributed by atoms with Crippen molar-refractivity contribution >= 4 is 5.69 Å². The van der Waals surface area contributed by atoms with Gasteiger partial charge in [0.15, 0.2) is 0 Å². The average molecular weight is 258 g/mol. The van der Waals surface area contributed by atoms with Crippen molar-refractivity contribution in [2.45, 2.75) is 45.7 Å². The number of anilines is 1. The van der Waals surface area contributed by atoms with Crippen LogP contribution in [0.3, 0.4) is 0 Å². The third-order valence-electron chi connectivity index (χ3n) is 4.58. The zero-order chi connectivity index (χ0) is 13.2. The summed E-state index contributed by atoms with van der Waals surface area (Å²) in [6.07, 6.45) is 4.28. The molecule has 2 nitrogen and oxygen atoms in total.